The minimum Gasteiger partial charge on any atom is -0.135 e. The van der Waals surface area contributed by atoms with E-state index in [0.717, 1.165) is 21.7 Å². The Morgan fingerprint density at radius 1 is 0.382 bits per heavy atom. The maximum atomic E-state index is 7.15. The van der Waals surface area contributed by atoms with Crippen LogP contribution in [0.1, 0.15) is 22.3 Å². The van der Waals surface area contributed by atoms with E-state index in [1.54, 1.807) is 0 Å². The minimum absolute atomic E-state index is 0.421. The smallest absolute Gasteiger partial charge is 0.0713 e. The molecule has 0 amide bonds. The van der Waals surface area contributed by atoms with Gasteiger partial charge in [0.15, 0.2) is 0 Å². The lowest BCUT2D eigenvalue weighted by Crippen LogP contribution is -2.28. The molecule has 9 aromatic carbocycles. The van der Waals surface area contributed by atoms with Gasteiger partial charge in [0.25, 0.3) is 0 Å². The normalized spacial score (nSPS) is 13.0. The highest BCUT2D eigenvalue weighted by Crippen LogP contribution is 2.57. The number of rotatable bonds is 5. The molecular weight excluding hydrogens is 704 g/mol. The van der Waals surface area contributed by atoms with Gasteiger partial charge < -0.3 is 0 Å². The summed E-state index contributed by atoms with van der Waals surface area (Å²) in [5, 5.41) is 5.72. The third-order valence-corrected chi connectivity index (χ3v) is 13.2. The molecule has 0 bridgehead atoms. The summed E-state index contributed by atoms with van der Waals surface area (Å²) in [5.74, 6) is 0. The molecule has 1 aliphatic carbocycles. The van der Waals surface area contributed by atoms with Gasteiger partial charge in [-0.15, -0.1) is 11.3 Å². The van der Waals surface area contributed by atoms with E-state index < -0.39 is 5.41 Å². The molecule has 1 aliphatic rings. The summed E-state index contributed by atoms with van der Waals surface area (Å²) in [6, 6.07) is 73.2. The second-order valence-electron chi connectivity index (χ2n) is 14.5. The lowest BCUT2D eigenvalue weighted by atomic mass is 9.67. The second-order valence-corrected chi connectivity index (χ2v) is 15.9. The molecule has 0 atom stereocenters. The van der Waals surface area contributed by atoms with Crippen LogP contribution >= 0.6 is 22.9 Å². The van der Waals surface area contributed by atoms with Gasteiger partial charge in [-0.1, -0.05) is 188 Å². The zero-order chi connectivity index (χ0) is 36.5. The minimum atomic E-state index is -0.421. The standard InChI is InChI=1S/C53H33ClS/c54-49-31-27-35(40-23-13-15-34-14-7-8-20-39(34)40)33-46(49)43-29-28-41(52-51(43)44-22-10-12-25-50(44)55-52)36-26-30-48-45(32-36)42-21-9-11-24-47(42)53(48,37-16-3-1-4-17-37)38-18-5-2-6-19-38/h1-33H. The fourth-order valence-electron chi connectivity index (χ4n) is 9.27. The zero-order valence-electron chi connectivity index (χ0n) is 29.8. The number of thiophene rings is 1. The molecule has 0 aliphatic heterocycles. The Morgan fingerprint density at radius 3 is 1.78 bits per heavy atom. The number of hydrogen-bond acceptors (Lipinski definition) is 1. The Labute approximate surface area is 329 Å². The Balaban J connectivity index is 1.13. The highest BCUT2D eigenvalue weighted by Gasteiger charge is 2.46. The summed E-state index contributed by atoms with van der Waals surface area (Å²) in [7, 11) is 0. The van der Waals surface area contributed by atoms with Crippen LogP contribution in [0, 0.1) is 0 Å². The number of halogens is 1. The SMILES string of the molecule is Clc1ccc(-c2cccc3ccccc23)cc1-c1ccc(-c2ccc3c(c2)-c2ccccc2C3(c2ccccc2)c2ccccc2)c2sc3ccccc3c12. The van der Waals surface area contributed by atoms with E-state index in [0.29, 0.717) is 0 Å². The third kappa shape index (κ3) is 4.84. The van der Waals surface area contributed by atoms with Gasteiger partial charge >= 0.3 is 0 Å². The molecule has 0 nitrogen and oxygen atoms in total. The predicted octanol–water partition coefficient (Wildman–Crippen LogP) is 15.2. The van der Waals surface area contributed by atoms with Gasteiger partial charge in [0.05, 0.1) is 5.41 Å². The van der Waals surface area contributed by atoms with Crippen LogP contribution in [-0.4, -0.2) is 0 Å². The van der Waals surface area contributed by atoms with Gasteiger partial charge in [0.1, 0.15) is 0 Å². The highest BCUT2D eigenvalue weighted by molar-refractivity contribution is 7.26. The molecule has 1 heterocycles. The molecule has 55 heavy (non-hydrogen) atoms. The Bertz CT molecular complexity index is 3060. The van der Waals surface area contributed by atoms with Crippen LogP contribution in [0.5, 0.6) is 0 Å². The summed E-state index contributed by atoms with van der Waals surface area (Å²) in [6.07, 6.45) is 0. The Morgan fingerprint density at radius 2 is 0.964 bits per heavy atom. The molecule has 0 fully saturated rings. The molecular formula is C53H33ClS. The summed E-state index contributed by atoms with van der Waals surface area (Å²) in [6.45, 7) is 0. The van der Waals surface area contributed by atoms with Crippen molar-refractivity contribution in [3.05, 3.63) is 227 Å². The molecule has 0 radical (unpaired) electrons. The fourth-order valence-corrected chi connectivity index (χ4v) is 10.8. The van der Waals surface area contributed by atoms with Gasteiger partial charge in [-0.3, -0.25) is 0 Å². The van der Waals surface area contributed by atoms with Crippen molar-refractivity contribution in [3.63, 3.8) is 0 Å². The average molecular weight is 737 g/mol. The maximum Gasteiger partial charge on any atom is 0.0713 e. The molecule has 1 aromatic heterocycles. The maximum absolute atomic E-state index is 7.15. The van der Waals surface area contributed by atoms with Crippen molar-refractivity contribution in [2.24, 2.45) is 0 Å². The Kier molecular flexibility index (Phi) is 7.42. The van der Waals surface area contributed by atoms with E-state index in [2.05, 4.69) is 200 Å². The summed E-state index contributed by atoms with van der Waals surface area (Å²) < 4.78 is 2.54. The van der Waals surface area contributed by atoms with E-state index in [9.17, 15) is 0 Å². The van der Waals surface area contributed by atoms with E-state index >= 15 is 0 Å². The average Bonchev–Trinajstić information content (AvgIpc) is 3.79. The summed E-state index contributed by atoms with van der Waals surface area (Å²) >= 11 is 9.02. The van der Waals surface area contributed by atoms with Crippen molar-refractivity contribution in [1.29, 1.82) is 0 Å². The van der Waals surface area contributed by atoms with Gasteiger partial charge in [-0.05, 0) is 96.2 Å². The van der Waals surface area contributed by atoms with Crippen molar-refractivity contribution in [3.8, 4) is 44.5 Å². The molecule has 2 heteroatoms. The zero-order valence-corrected chi connectivity index (χ0v) is 31.4. The van der Waals surface area contributed by atoms with E-state index in [4.69, 9.17) is 11.6 Å². The largest absolute Gasteiger partial charge is 0.135 e. The van der Waals surface area contributed by atoms with Crippen LogP contribution in [0.15, 0.2) is 200 Å². The summed E-state index contributed by atoms with van der Waals surface area (Å²) in [4.78, 5) is 0. The molecule has 0 N–H and O–H groups in total. The molecule has 258 valence electrons. The molecule has 11 rings (SSSR count). The monoisotopic (exact) mass is 736 g/mol. The van der Waals surface area contributed by atoms with Gasteiger partial charge in [-0.25, -0.2) is 0 Å². The number of benzene rings is 9. The molecule has 0 saturated heterocycles. The first kappa shape index (κ1) is 32.2. The molecule has 0 unspecified atom stereocenters. The topological polar surface area (TPSA) is 0 Å². The Hall–Kier alpha value is -6.25. The first-order valence-corrected chi connectivity index (χ1v) is 20.0. The van der Waals surface area contributed by atoms with Crippen molar-refractivity contribution in [2.75, 3.05) is 0 Å². The summed E-state index contributed by atoms with van der Waals surface area (Å²) in [5.41, 5.74) is 14.4. The van der Waals surface area contributed by atoms with E-state index in [1.807, 2.05) is 11.3 Å². The second kappa shape index (κ2) is 12.7. The van der Waals surface area contributed by atoms with Crippen molar-refractivity contribution in [1.82, 2.24) is 0 Å². The lowest BCUT2D eigenvalue weighted by molar-refractivity contribution is 0.768. The van der Waals surface area contributed by atoms with Crippen molar-refractivity contribution < 1.29 is 0 Å². The van der Waals surface area contributed by atoms with Crippen LogP contribution in [0.4, 0.5) is 0 Å². The first-order chi connectivity index (χ1) is 27.2. The number of fused-ring (bicyclic) bond motifs is 7. The highest BCUT2D eigenvalue weighted by atomic mass is 35.5. The van der Waals surface area contributed by atoms with Gasteiger partial charge in [0.2, 0.25) is 0 Å². The quantitative estimate of drug-likeness (QED) is 0.165. The van der Waals surface area contributed by atoms with Crippen LogP contribution in [0.3, 0.4) is 0 Å². The molecule has 0 spiro atoms. The van der Waals surface area contributed by atoms with Crippen LogP contribution < -0.4 is 0 Å². The fraction of sp³-hybridized carbons (Fsp3) is 0.0189. The van der Waals surface area contributed by atoms with E-state index in [-0.39, 0.29) is 0 Å². The van der Waals surface area contributed by atoms with Gasteiger partial charge in [0, 0.05) is 30.8 Å². The predicted molar refractivity (Wildman–Crippen MR) is 235 cm³/mol. The van der Waals surface area contributed by atoms with Crippen LogP contribution in [-0.2, 0) is 5.41 Å². The lowest BCUT2D eigenvalue weighted by Gasteiger charge is -2.33. The van der Waals surface area contributed by atoms with Gasteiger partial charge in [-0.2, -0.15) is 0 Å². The van der Waals surface area contributed by atoms with Crippen LogP contribution in [0.2, 0.25) is 5.02 Å². The third-order valence-electron chi connectivity index (χ3n) is 11.7. The van der Waals surface area contributed by atoms with E-state index in [1.165, 1.54) is 81.0 Å². The first-order valence-electron chi connectivity index (χ1n) is 18.8. The molecule has 10 aromatic rings. The number of hydrogen-bond donors (Lipinski definition) is 0. The van der Waals surface area contributed by atoms with Crippen molar-refractivity contribution >= 4 is 53.9 Å². The van der Waals surface area contributed by atoms with Crippen molar-refractivity contribution in [2.45, 2.75) is 5.41 Å². The molecule has 0 saturated carbocycles. The van der Waals surface area contributed by atoms with Crippen LogP contribution in [0.25, 0.3) is 75.5 Å².